The molecule has 2 atom stereocenters. The van der Waals surface area contributed by atoms with Gasteiger partial charge < -0.3 is 18.9 Å². The van der Waals surface area contributed by atoms with E-state index in [1.165, 1.54) is 0 Å². The largest absolute Gasteiger partial charge is 0.465 e. The van der Waals surface area contributed by atoms with Crippen molar-refractivity contribution < 1.29 is 28.5 Å². The molecule has 1 aromatic carbocycles. The van der Waals surface area contributed by atoms with Crippen molar-refractivity contribution in [2.45, 2.75) is 57.8 Å². The predicted molar refractivity (Wildman–Crippen MR) is 95.5 cm³/mol. The second kappa shape index (κ2) is 9.69. The highest BCUT2D eigenvalue weighted by molar-refractivity contribution is 6.07. The molecule has 1 aliphatic heterocycles. The van der Waals surface area contributed by atoms with Gasteiger partial charge >= 0.3 is 11.9 Å². The number of hydrogen-bond donors (Lipinski definition) is 0. The molecule has 6 heteroatoms. The molecule has 144 valence electrons. The van der Waals surface area contributed by atoms with Gasteiger partial charge in [-0.15, -0.1) is 0 Å². The average molecular weight is 364 g/mol. The zero-order valence-electron chi connectivity index (χ0n) is 15.7. The Hall–Kier alpha value is -1.92. The molecule has 2 rings (SSSR count). The molecule has 0 N–H and O–H groups in total. The number of benzene rings is 1. The molecule has 2 unspecified atom stereocenters. The molecule has 26 heavy (non-hydrogen) atoms. The third-order valence-electron chi connectivity index (χ3n) is 4.53. The Morgan fingerprint density at radius 1 is 1.12 bits per heavy atom. The van der Waals surface area contributed by atoms with Crippen molar-refractivity contribution >= 4 is 11.9 Å². The van der Waals surface area contributed by atoms with Crippen molar-refractivity contribution in [2.24, 2.45) is 0 Å². The maximum Gasteiger partial charge on any atom is 0.330 e. The minimum Gasteiger partial charge on any atom is -0.465 e. The lowest BCUT2D eigenvalue weighted by atomic mass is 9.75. The summed E-state index contributed by atoms with van der Waals surface area (Å²) in [5.74, 6) is -1.35. The fourth-order valence-corrected chi connectivity index (χ4v) is 3.22. The minimum absolute atomic E-state index is 0.152. The molecule has 1 aromatic rings. The fourth-order valence-electron chi connectivity index (χ4n) is 3.22. The van der Waals surface area contributed by atoms with Crippen LogP contribution in [0.4, 0.5) is 0 Å². The highest BCUT2D eigenvalue weighted by atomic mass is 16.7. The molecule has 1 fully saturated rings. The number of rotatable bonds is 8. The monoisotopic (exact) mass is 364 g/mol. The van der Waals surface area contributed by atoms with Crippen LogP contribution < -0.4 is 0 Å². The highest BCUT2D eigenvalue weighted by Gasteiger charge is 2.56. The quantitative estimate of drug-likeness (QED) is 0.522. The van der Waals surface area contributed by atoms with Crippen LogP contribution in [0.15, 0.2) is 30.3 Å². The highest BCUT2D eigenvalue weighted by Crippen LogP contribution is 2.35. The summed E-state index contributed by atoms with van der Waals surface area (Å²) in [4.78, 5) is 26.0. The number of carbonyl (C=O) groups is 2. The van der Waals surface area contributed by atoms with Gasteiger partial charge in [-0.3, -0.25) is 9.59 Å². The first-order chi connectivity index (χ1) is 12.6. The summed E-state index contributed by atoms with van der Waals surface area (Å²) in [5, 5.41) is 0. The third-order valence-corrected chi connectivity index (χ3v) is 4.53. The first-order valence-corrected chi connectivity index (χ1v) is 9.24. The van der Waals surface area contributed by atoms with Gasteiger partial charge in [-0.2, -0.15) is 0 Å². The summed E-state index contributed by atoms with van der Waals surface area (Å²) >= 11 is 0. The number of esters is 2. The summed E-state index contributed by atoms with van der Waals surface area (Å²) in [6.45, 7) is 6.01. The maximum absolute atomic E-state index is 13.0. The Balaban J connectivity index is 2.45. The van der Waals surface area contributed by atoms with E-state index < -0.39 is 29.7 Å². The number of hydrogen-bond acceptors (Lipinski definition) is 6. The molecule has 1 saturated heterocycles. The Bertz CT molecular complexity index is 561. The van der Waals surface area contributed by atoms with Crippen LogP contribution >= 0.6 is 0 Å². The van der Waals surface area contributed by atoms with Crippen LogP contribution in [0.25, 0.3) is 0 Å². The zero-order chi connectivity index (χ0) is 19.0. The van der Waals surface area contributed by atoms with Gasteiger partial charge in [0.15, 0.2) is 6.29 Å². The van der Waals surface area contributed by atoms with Crippen molar-refractivity contribution in [3.05, 3.63) is 35.9 Å². The third kappa shape index (κ3) is 4.24. The molecule has 1 aliphatic rings. The summed E-state index contributed by atoms with van der Waals surface area (Å²) in [6.07, 6.45) is 1.42. The van der Waals surface area contributed by atoms with Crippen molar-refractivity contribution in [1.82, 2.24) is 0 Å². The van der Waals surface area contributed by atoms with Gasteiger partial charge in [0.25, 0.3) is 0 Å². The van der Waals surface area contributed by atoms with Crippen LogP contribution in [-0.4, -0.2) is 44.2 Å². The lowest BCUT2D eigenvalue weighted by Crippen LogP contribution is -2.55. The Morgan fingerprint density at radius 3 is 2.23 bits per heavy atom. The van der Waals surface area contributed by atoms with Gasteiger partial charge in [0.2, 0.25) is 5.41 Å². The van der Waals surface area contributed by atoms with E-state index in [1.54, 1.807) is 45.0 Å². The molecule has 0 aromatic heterocycles. The molecule has 0 amide bonds. The van der Waals surface area contributed by atoms with Gasteiger partial charge in [-0.1, -0.05) is 30.3 Å². The van der Waals surface area contributed by atoms with Crippen LogP contribution in [0, 0.1) is 0 Å². The van der Waals surface area contributed by atoms with Crippen LogP contribution in [0.2, 0.25) is 0 Å². The van der Waals surface area contributed by atoms with Crippen molar-refractivity contribution in [1.29, 1.82) is 0 Å². The molecule has 1 heterocycles. The first kappa shape index (κ1) is 20.4. The lowest BCUT2D eigenvalue weighted by Gasteiger charge is -2.37. The lowest BCUT2D eigenvalue weighted by molar-refractivity contribution is -0.209. The Labute approximate surface area is 154 Å². The Morgan fingerprint density at radius 2 is 1.73 bits per heavy atom. The summed E-state index contributed by atoms with van der Waals surface area (Å²) in [7, 11) is 0. The van der Waals surface area contributed by atoms with E-state index in [1.807, 2.05) is 6.07 Å². The smallest absolute Gasteiger partial charge is 0.330 e. The van der Waals surface area contributed by atoms with E-state index in [9.17, 15) is 9.59 Å². The van der Waals surface area contributed by atoms with Crippen LogP contribution in [0.3, 0.4) is 0 Å². The average Bonchev–Trinajstić information content (AvgIpc) is 2.64. The molecule has 6 nitrogen and oxygen atoms in total. The molecular formula is C20H28O6. The standard InChI is InChI=1S/C20H28O6/c1-4-23-18(21)20(19(22)24-5-2,16-11-7-6-8-12-16)15(3)26-17-13-9-10-14-25-17/h6-8,11-12,15,17H,4-5,9-10,13-14H2,1-3H3. The van der Waals surface area contributed by atoms with E-state index in [0.29, 0.717) is 12.2 Å². The van der Waals surface area contributed by atoms with E-state index in [2.05, 4.69) is 0 Å². The molecule has 0 aliphatic carbocycles. The van der Waals surface area contributed by atoms with Gasteiger partial charge in [0.05, 0.1) is 19.3 Å². The maximum atomic E-state index is 13.0. The molecular weight excluding hydrogens is 336 g/mol. The number of ether oxygens (including phenoxy) is 4. The predicted octanol–water partition coefficient (Wildman–Crippen LogP) is 2.98. The summed E-state index contributed by atoms with van der Waals surface area (Å²) < 4.78 is 22.2. The van der Waals surface area contributed by atoms with Crippen LogP contribution in [0.5, 0.6) is 0 Å². The van der Waals surface area contributed by atoms with E-state index >= 15 is 0 Å². The van der Waals surface area contributed by atoms with Crippen LogP contribution in [0.1, 0.15) is 45.6 Å². The SMILES string of the molecule is CCOC(=O)C(C(=O)OCC)(c1ccccc1)C(C)OC1CCCCO1. The van der Waals surface area contributed by atoms with Crippen molar-refractivity contribution in [3.63, 3.8) is 0 Å². The summed E-state index contributed by atoms with van der Waals surface area (Å²) in [5.41, 5.74) is -1.21. The molecule has 0 bridgehead atoms. The van der Waals surface area contributed by atoms with E-state index in [0.717, 1.165) is 19.3 Å². The van der Waals surface area contributed by atoms with Gasteiger partial charge in [0.1, 0.15) is 0 Å². The van der Waals surface area contributed by atoms with Crippen molar-refractivity contribution in [2.75, 3.05) is 19.8 Å². The van der Waals surface area contributed by atoms with E-state index in [4.69, 9.17) is 18.9 Å². The van der Waals surface area contributed by atoms with Crippen LogP contribution in [-0.2, 0) is 34.0 Å². The zero-order valence-corrected chi connectivity index (χ0v) is 15.7. The molecule has 0 spiro atoms. The second-order valence-electron chi connectivity index (χ2n) is 6.19. The van der Waals surface area contributed by atoms with Gasteiger partial charge in [0, 0.05) is 6.61 Å². The normalized spacial score (nSPS) is 18.8. The summed E-state index contributed by atoms with van der Waals surface area (Å²) in [6, 6.07) is 8.80. The Kier molecular flexibility index (Phi) is 7.60. The van der Waals surface area contributed by atoms with Crippen molar-refractivity contribution in [3.8, 4) is 0 Å². The molecule has 0 saturated carbocycles. The topological polar surface area (TPSA) is 71.1 Å². The fraction of sp³-hybridized carbons (Fsp3) is 0.600. The van der Waals surface area contributed by atoms with Gasteiger partial charge in [-0.05, 0) is 45.6 Å². The first-order valence-electron chi connectivity index (χ1n) is 9.24. The second-order valence-corrected chi connectivity index (χ2v) is 6.19. The minimum atomic E-state index is -1.70. The number of carbonyl (C=O) groups excluding carboxylic acids is 2. The van der Waals surface area contributed by atoms with Gasteiger partial charge in [-0.25, -0.2) is 0 Å². The van der Waals surface area contributed by atoms with E-state index in [-0.39, 0.29) is 13.2 Å². The molecule has 0 radical (unpaired) electrons.